The van der Waals surface area contributed by atoms with E-state index in [1.807, 2.05) is 17.9 Å². The first kappa shape index (κ1) is 20.2. The Morgan fingerprint density at radius 2 is 1.55 bits per heavy atom. The predicted molar refractivity (Wildman–Crippen MR) is 116 cm³/mol. The molecule has 7 rings (SSSR count). The fourth-order valence-electron chi connectivity index (χ4n) is 7.65. The summed E-state index contributed by atoms with van der Waals surface area (Å²) in [6.45, 7) is 3.56. The Hall–Kier alpha value is -1.44. The van der Waals surface area contributed by atoms with Crippen LogP contribution in [-0.2, 0) is 19.6 Å². The van der Waals surface area contributed by atoms with Gasteiger partial charge in [-0.05, 0) is 80.9 Å². The standard InChI is InChI=1S/C24H32N2O4S/c1-16-3-2-4-22(5-16)31(28,29)26-14-20-12-25(13-21(15-26)30-20)23(27)24-9-17-6-18(10-24)8-19(7-17)11-24/h2-5,17-21H,6-15H2,1H3/t17?,18?,19?,20-,21+,24?. The zero-order valence-corrected chi connectivity index (χ0v) is 19.0. The van der Waals surface area contributed by atoms with E-state index in [1.54, 1.807) is 22.5 Å². The Labute approximate surface area is 185 Å². The number of benzene rings is 1. The van der Waals surface area contributed by atoms with Gasteiger partial charge in [0.25, 0.3) is 0 Å². The van der Waals surface area contributed by atoms with Crippen molar-refractivity contribution in [3.8, 4) is 0 Å². The maximum atomic E-state index is 13.8. The van der Waals surface area contributed by atoms with Gasteiger partial charge in [-0.3, -0.25) is 4.79 Å². The Kier molecular flexibility index (Phi) is 4.58. The number of carbonyl (C=O) groups is 1. The molecule has 31 heavy (non-hydrogen) atoms. The van der Waals surface area contributed by atoms with Crippen LogP contribution in [0, 0.1) is 30.1 Å². The molecule has 168 valence electrons. The third-order valence-electron chi connectivity index (χ3n) is 8.45. The molecule has 0 N–H and O–H groups in total. The largest absolute Gasteiger partial charge is 0.369 e. The number of ether oxygens (including phenoxy) is 1. The molecule has 2 aliphatic heterocycles. The van der Waals surface area contributed by atoms with Crippen molar-refractivity contribution in [1.82, 2.24) is 9.21 Å². The third-order valence-corrected chi connectivity index (χ3v) is 10.3. The molecule has 6 aliphatic rings. The van der Waals surface area contributed by atoms with Crippen LogP contribution < -0.4 is 0 Å². The molecule has 6 nitrogen and oxygen atoms in total. The van der Waals surface area contributed by atoms with Gasteiger partial charge in [0, 0.05) is 26.2 Å². The van der Waals surface area contributed by atoms with Crippen LogP contribution in [0.1, 0.15) is 44.1 Å². The van der Waals surface area contributed by atoms with E-state index in [0.717, 1.165) is 42.6 Å². The average Bonchev–Trinajstić information content (AvgIpc) is 2.71. The van der Waals surface area contributed by atoms with Crippen molar-refractivity contribution in [2.45, 2.75) is 62.6 Å². The van der Waals surface area contributed by atoms with Gasteiger partial charge in [-0.1, -0.05) is 12.1 Å². The lowest BCUT2D eigenvalue weighted by Crippen LogP contribution is -2.64. The van der Waals surface area contributed by atoms with Crippen LogP contribution >= 0.6 is 0 Å². The molecule has 1 aromatic carbocycles. The number of fused-ring (bicyclic) bond motifs is 2. The van der Waals surface area contributed by atoms with Gasteiger partial charge in [-0.15, -0.1) is 0 Å². The second-order valence-electron chi connectivity index (χ2n) is 10.9. The van der Waals surface area contributed by atoms with E-state index in [4.69, 9.17) is 4.74 Å². The molecule has 6 bridgehead atoms. The van der Waals surface area contributed by atoms with Crippen molar-refractivity contribution >= 4 is 15.9 Å². The van der Waals surface area contributed by atoms with Crippen molar-refractivity contribution in [1.29, 1.82) is 0 Å². The molecular weight excluding hydrogens is 412 g/mol. The molecule has 0 unspecified atom stereocenters. The van der Waals surface area contributed by atoms with Crippen LogP contribution in [0.5, 0.6) is 0 Å². The SMILES string of the molecule is Cc1cccc(S(=O)(=O)N2C[C@H]3CN(C(=O)C45CC6CC(CC(C6)C4)C5)C[C@@H](C2)O3)c1. The normalized spacial score (nSPS) is 39.6. The van der Waals surface area contributed by atoms with Crippen molar-refractivity contribution < 1.29 is 17.9 Å². The molecule has 6 fully saturated rings. The van der Waals surface area contributed by atoms with E-state index < -0.39 is 10.0 Å². The minimum atomic E-state index is -3.55. The van der Waals surface area contributed by atoms with Gasteiger partial charge in [0.1, 0.15) is 0 Å². The summed E-state index contributed by atoms with van der Waals surface area (Å²) in [7, 11) is -3.55. The zero-order valence-electron chi connectivity index (χ0n) is 18.2. The Balaban J connectivity index is 1.18. The highest BCUT2D eigenvalue weighted by atomic mass is 32.2. The lowest BCUT2D eigenvalue weighted by atomic mass is 9.49. The van der Waals surface area contributed by atoms with Crippen molar-refractivity contribution in [3.05, 3.63) is 29.8 Å². The topological polar surface area (TPSA) is 66.9 Å². The fraction of sp³-hybridized carbons (Fsp3) is 0.708. The van der Waals surface area contributed by atoms with Crippen LogP contribution in [0.4, 0.5) is 0 Å². The summed E-state index contributed by atoms with van der Waals surface area (Å²) < 4.78 is 34.1. The highest BCUT2D eigenvalue weighted by Gasteiger charge is 2.56. The van der Waals surface area contributed by atoms with E-state index >= 15 is 0 Å². The van der Waals surface area contributed by atoms with E-state index in [2.05, 4.69) is 0 Å². The van der Waals surface area contributed by atoms with E-state index in [9.17, 15) is 13.2 Å². The van der Waals surface area contributed by atoms with Gasteiger partial charge in [-0.2, -0.15) is 4.31 Å². The third kappa shape index (κ3) is 3.35. The van der Waals surface area contributed by atoms with Gasteiger partial charge in [0.2, 0.25) is 15.9 Å². The molecule has 2 heterocycles. The first-order valence-electron chi connectivity index (χ1n) is 11.8. The summed E-state index contributed by atoms with van der Waals surface area (Å²) in [5.74, 6) is 2.56. The van der Waals surface area contributed by atoms with E-state index in [-0.39, 0.29) is 17.6 Å². The molecular formula is C24H32N2O4S. The van der Waals surface area contributed by atoms with Gasteiger partial charge in [-0.25, -0.2) is 8.42 Å². The summed E-state index contributed by atoms with van der Waals surface area (Å²) in [6, 6.07) is 7.08. The predicted octanol–water partition coefficient (Wildman–Crippen LogP) is 2.81. The van der Waals surface area contributed by atoms with Crippen molar-refractivity contribution in [2.24, 2.45) is 23.2 Å². The molecule has 0 aromatic heterocycles. The number of aryl methyl sites for hydroxylation is 1. The summed E-state index contributed by atoms with van der Waals surface area (Å²) in [4.78, 5) is 16.1. The van der Waals surface area contributed by atoms with Crippen LogP contribution in [0.2, 0.25) is 0 Å². The highest BCUT2D eigenvalue weighted by molar-refractivity contribution is 7.89. The van der Waals surface area contributed by atoms with Gasteiger partial charge in [0.15, 0.2) is 0 Å². The Morgan fingerprint density at radius 1 is 0.968 bits per heavy atom. The lowest BCUT2D eigenvalue weighted by Gasteiger charge is -2.57. The van der Waals surface area contributed by atoms with Gasteiger partial charge < -0.3 is 9.64 Å². The fourth-order valence-corrected chi connectivity index (χ4v) is 9.26. The number of hydrogen-bond donors (Lipinski definition) is 0. The van der Waals surface area contributed by atoms with E-state index in [1.165, 1.54) is 19.3 Å². The summed E-state index contributed by atoms with van der Waals surface area (Å²) >= 11 is 0. The summed E-state index contributed by atoms with van der Waals surface area (Å²) in [5, 5.41) is 0. The number of rotatable bonds is 3. The second kappa shape index (κ2) is 7.03. The molecule has 2 saturated heterocycles. The lowest BCUT2D eigenvalue weighted by molar-refractivity contribution is -0.175. The van der Waals surface area contributed by atoms with Crippen LogP contribution in [0.25, 0.3) is 0 Å². The van der Waals surface area contributed by atoms with Crippen LogP contribution in [0.3, 0.4) is 0 Å². The highest BCUT2D eigenvalue weighted by Crippen LogP contribution is 2.60. The minimum Gasteiger partial charge on any atom is -0.369 e. The van der Waals surface area contributed by atoms with Crippen LogP contribution in [-0.4, -0.2) is 61.9 Å². The van der Waals surface area contributed by atoms with Crippen molar-refractivity contribution in [3.63, 3.8) is 0 Å². The molecule has 0 radical (unpaired) electrons. The molecule has 1 aromatic rings. The summed E-state index contributed by atoms with van der Waals surface area (Å²) in [6.07, 6.45) is 6.69. The molecule has 2 atom stereocenters. The molecule has 7 heteroatoms. The quantitative estimate of drug-likeness (QED) is 0.719. The Morgan fingerprint density at radius 3 is 2.10 bits per heavy atom. The molecule has 4 aliphatic carbocycles. The number of morpholine rings is 2. The minimum absolute atomic E-state index is 0.145. The monoisotopic (exact) mass is 444 g/mol. The van der Waals surface area contributed by atoms with E-state index in [0.29, 0.717) is 37.0 Å². The number of carbonyl (C=O) groups excluding carboxylic acids is 1. The number of nitrogens with zero attached hydrogens (tertiary/aromatic N) is 2. The smallest absolute Gasteiger partial charge is 0.243 e. The molecule has 1 amide bonds. The number of hydrogen-bond acceptors (Lipinski definition) is 4. The van der Waals surface area contributed by atoms with Gasteiger partial charge >= 0.3 is 0 Å². The maximum Gasteiger partial charge on any atom is 0.243 e. The Bertz CT molecular complexity index is 957. The van der Waals surface area contributed by atoms with Crippen LogP contribution in [0.15, 0.2) is 29.2 Å². The second-order valence-corrected chi connectivity index (χ2v) is 12.9. The molecule has 0 spiro atoms. The first-order valence-corrected chi connectivity index (χ1v) is 13.3. The number of sulfonamides is 1. The van der Waals surface area contributed by atoms with Crippen molar-refractivity contribution in [2.75, 3.05) is 26.2 Å². The molecule has 4 saturated carbocycles. The summed E-state index contributed by atoms with van der Waals surface area (Å²) in [5.41, 5.74) is 0.787. The first-order chi connectivity index (χ1) is 14.8. The van der Waals surface area contributed by atoms with Gasteiger partial charge in [0.05, 0.1) is 22.5 Å². The maximum absolute atomic E-state index is 13.8. The number of amides is 1. The zero-order chi connectivity index (χ0) is 21.4. The average molecular weight is 445 g/mol.